The van der Waals surface area contributed by atoms with Gasteiger partial charge in [-0.1, -0.05) is 44.0 Å². The summed E-state index contributed by atoms with van der Waals surface area (Å²) >= 11 is 7.23. The van der Waals surface area contributed by atoms with Gasteiger partial charge in [0.2, 0.25) is 11.8 Å². The van der Waals surface area contributed by atoms with Crippen molar-refractivity contribution in [3.63, 3.8) is 0 Å². The standard InChI is InChI=1S/C21H19Br2NO3/c1-12-3-2-4-15(9-12)27-14-7-5-13(6-8-14)24-20(25)16-10-18(22)19(23)11-17(16)21(24)26/h2-9,16-19H,10-11H2,1H3/t16-,17-,18-,19+/m1/s1. The number of hydrogen-bond donors (Lipinski definition) is 0. The topological polar surface area (TPSA) is 46.6 Å². The lowest BCUT2D eigenvalue weighted by Gasteiger charge is -2.29. The van der Waals surface area contributed by atoms with Crippen LogP contribution in [-0.4, -0.2) is 21.5 Å². The third-order valence-corrected chi connectivity index (χ3v) is 7.97. The molecule has 27 heavy (non-hydrogen) atoms. The molecule has 1 saturated heterocycles. The van der Waals surface area contributed by atoms with Gasteiger partial charge in [-0.15, -0.1) is 0 Å². The summed E-state index contributed by atoms with van der Waals surface area (Å²) in [4.78, 5) is 27.5. The lowest BCUT2D eigenvalue weighted by Crippen LogP contribution is -2.34. The monoisotopic (exact) mass is 491 g/mol. The molecule has 2 fully saturated rings. The zero-order valence-corrected chi connectivity index (χ0v) is 17.9. The first-order valence-electron chi connectivity index (χ1n) is 8.94. The van der Waals surface area contributed by atoms with E-state index in [9.17, 15) is 9.59 Å². The van der Waals surface area contributed by atoms with E-state index in [0.29, 0.717) is 24.3 Å². The maximum absolute atomic E-state index is 12.9. The Balaban J connectivity index is 1.53. The molecule has 2 aliphatic rings. The van der Waals surface area contributed by atoms with Crippen LogP contribution in [0.15, 0.2) is 48.5 Å². The number of benzene rings is 2. The number of aryl methyl sites for hydroxylation is 1. The van der Waals surface area contributed by atoms with E-state index in [2.05, 4.69) is 31.9 Å². The lowest BCUT2D eigenvalue weighted by molar-refractivity contribution is -0.122. The second-order valence-electron chi connectivity index (χ2n) is 7.14. The number of carbonyl (C=O) groups excluding carboxylic acids is 2. The summed E-state index contributed by atoms with van der Waals surface area (Å²) in [6.07, 6.45) is 1.35. The van der Waals surface area contributed by atoms with Gasteiger partial charge in [-0.2, -0.15) is 0 Å². The number of hydrogen-bond acceptors (Lipinski definition) is 3. The Bertz CT molecular complexity index is 855. The number of nitrogens with zero attached hydrogens (tertiary/aromatic N) is 1. The van der Waals surface area contributed by atoms with Gasteiger partial charge >= 0.3 is 0 Å². The molecule has 0 aromatic heterocycles. The molecule has 0 unspecified atom stereocenters. The molecule has 6 heteroatoms. The first-order chi connectivity index (χ1) is 12.9. The van der Waals surface area contributed by atoms with E-state index in [1.807, 2.05) is 31.2 Å². The Morgan fingerprint density at radius 1 is 0.889 bits per heavy atom. The van der Waals surface area contributed by atoms with Gasteiger partial charge in [0.05, 0.1) is 17.5 Å². The predicted octanol–water partition coefficient (Wildman–Crippen LogP) is 5.21. The highest BCUT2D eigenvalue weighted by Crippen LogP contribution is 2.44. The first kappa shape index (κ1) is 18.7. The van der Waals surface area contributed by atoms with Crippen LogP contribution in [0.3, 0.4) is 0 Å². The molecule has 2 aromatic carbocycles. The van der Waals surface area contributed by atoms with Gasteiger partial charge < -0.3 is 4.74 Å². The van der Waals surface area contributed by atoms with E-state index in [1.165, 1.54) is 4.90 Å². The zero-order valence-electron chi connectivity index (χ0n) is 14.8. The van der Waals surface area contributed by atoms with Crippen LogP contribution in [0, 0.1) is 18.8 Å². The number of rotatable bonds is 3. The molecule has 2 amide bonds. The molecule has 1 aliphatic heterocycles. The van der Waals surface area contributed by atoms with Gasteiger partial charge in [0.1, 0.15) is 11.5 Å². The van der Waals surface area contributed by atoms with Crippen molar-refractivity contribution in [2.45, 2.75) is 29.4 Å². The van der Waals surface area contributed by atoms with Crippen molar-refractivity contribution < 1.29 is 14.3 Å². The van der Waals surface area contributed by atoms with Crippen molar-refractivity contribution in [2.75, 3.05) is 4.90 Å². The highest BCUT2D eigenvalue weighted by Gasteiger charge is 2.52. The fraction of sp³-hybridized carbons (Fsp3) is 0.333. The second-order valence-corrected chi connectivity index (χ2v) is 9.49. The molecule has 0 bridgehead atoms. The number of anilines is 1. The number of carbonyl (C=O) groups is 2. The predicted molar refractivity (Wildman–Crippen MR) is 112 cm³/mol. The Kier molecular flexibility index (Phi) is 5.12. The van der Waals surface area contributed by atoms with Gasteiger partial charge in [0.15, 0.2) is 0 Å². The zero-order chi connectivity index (χ0) is 19.1. The van der Waals surface area contributed by atoms with Gasteiger partial charge in [0.25, 0.3) is 0 Å². The van der Waals surface area contributed by atoms with Gasteiger partial charge in [-0.3, -0.25) is 14.5 Å². The van der Waals surface area contributed by atoms with E-state index < -0.39 is 0 Å². The average molecular weight is 493 g/mol. The summed E-state index contributed by atoms with van der Waals surface area (Å²) in [6, 6.07) is 14.9. The van der Waals surface area contributed by atoms with Crippen molar-refractivity contribution in [3.05, 3.63) is 54.1 Å². The van der Waals surface area contributed by atoms with Gasteiger partial charge in [-0.05, 0) is 61.7 Å². The maximum atomic E-state index is 12.9. The van der Waals surface area contributed by atoms with E-state index in [0.717, 1.165) is 11.3 Å². The van der Waals surface area contributed by atoms with Crippen LogP contribution in [0.2, 0.25) is 0 Å². The van der Waals surface area contributed by atoms with E-state index in [-0.39, 0.29) is 33.3 Å². The van der Waals surface area contributed by atoms with E-state index in [4.69, 9.17) is 4.74 Å². The van der Waals surface area contributed by atoms with Crippen molar-refractivity contribution in [1.82, 2.24) is 0 Å². The van der Waals surface area contributed by atoms with Crippen molar-refractivity contribution >= 4 is 49.4 Å². The largest absolute Gasteiger partial charge is 0.457 e. The third-order valence-electron chi connectivity index (χ3n) is 5.23. The molecule has 0 radical (unpaired) electrons. The molecular formula is C21H19Br2NO3. The SMILES string of the molecule is Cc1cccc(Oc2ccc(N3C(=O)[C@@H]4C[C@@H](Br)[C@@H](Br)C[C@H]4C3=O)cc2)c1. The molecule has 0 spiro atoms. The second kappa shape index (κ2) is 7.40. The molecule has 0 N–H and O–H groups in total. The first-order valence-corrected chi connectivity index (χ1v) is 10.8. The van der Waals surface area contributed by atoms with Crippen molar-refractivity contribution in [3.8, 4) is 11.5 Å². The molecule has 1 heterocycles. The van der Waals surface area contributed by atoms with Crippen LogP contribution in [-0.2, 0) is 9.59 Å². The van der Waals surface area contributed by atoms with Gasteiger partial charge in [0, 0.05) is 9.65 Å². The number of ether oxygens (including phenoxy) is 1. The summed E-state index contributed by atoms with van der Waals surface area (Å²) in [5.41, 5.74) is 1.73. The average Bonchev–Trinajstić information content (AvgIpc) is 2.87. The van der Waals surface area contributed by atoms with Crippen molar-refractivity contribution in [2.24, 2.45) is 11.8 Å². The number of imide groups is 1. The van der Waals surface area contributed by atoms with Crippen LogP contribution >= 0.6 is 31.9 Å². The van der Waals surface area contributed by atoms with Crippen LogP contribution < -0.4 is 9.64 Å². The number of amides is 2. The van der Waals surface area contributed by atoms with Crippen LogP contribution in [0.5, 0.6) is 11.5 Å². The molecule has 140 valence electrons. The van der Waals surface area contributed by atoms with Crippen LogP contribution in [0.4, 0.5) is 5.69 Å². The summed E-state index contributed by atoms with van der Waals surface area (Å²) in [5.74, 6) is 0.760. The highest BCUT2D eigenvalue weighted by atomic mass is 79.9. The van der Waals surface area contributed by atoms with Crippen molar-refractivity contribution in [1.29, 1.82) is 0 Å². The number of alkyl halides is 2. The summed E-state index contributed by atoms with van der Waals surface area (Å²) < 4.78 is 5.85. The molecule has 4 rings (SSSR count). The fourth-order valence-corrected chi connectivity index (χ4v) is 5.06. The summed E-state index contributed by atoms with van der Waals surface area (Å²) in [6.45, 7) is 2.01. The van der Waals surface area contributed by atoms with Crippen LogP contribution in [0.25, 0.3) is 0 Å². The molecule has 4 atom stereocenters. The van der Waals surface area contributed by atoms with E-state index in [1.54, 1.807) is 24.3 Å². The summed E-state index contributed by atoms with van der Waals surface area (Å²) in [5, 5.41) is 0. The number of fused-ring (bicyclic) bond motifs is 1. The maximum Gasteiger partial charge on any atom is 0.237 e. The fourth-order valence-electron chi connectivity index (χ4n) is 3.83. The Morgan fingerprint density at radius 3 is 2.04 bits per heavy atom. The smallest absolute Gasteiger partial charge is 0.237 e. The Hall–Kier alpha value is -1.66. The minimum atomic E-state index is -0.237. The normalized spacial score (nSPS) is 27.6. The quantitative estimate of drug-likeness (QED) is 0.436. The molecular weight excluding hydrogens is 474 g/mol. The van der Waals surface area contributed by atoms with Gasteiger partial charge in [-0.25, -0.2) is 0 Å². The Morgan fingerprint density at radius 2 is 1.48 bits per heavy atom. The minimum Gasteiger partial charge on any atom is -0.457 e. The summed E-state index contributed by atoms with van der Waals surface area (Å²) in [7, 11) is 0. The van der Waals surface area contributed by atoms with E-state index >= 15 is 0 Å². The lowest BCUT2D eigenvalue weighted by atomic mass is 9.81. The highest BCUT2D eigenvalue weighted by molar-refractivity contribution is 9.12. The minimum absolute atomic E-state index is 0.0961. The molecule has 1 saturated carbocycles. The molecule has 4 nitrogen and oxygen atoms in total. The Labute approximate surface area is 175 Å². The molecule has 2 aromatic rings. The van der Waals surface area contributed by atoms with Crippen LogP contribution in [0.1, 0.15) is 18.4 Å². The molecule has 1 aliphatic carbocycles. The number of halogens is 2. The third kappa shape index (κ3) is 3.57.